The summed E-state index contributed by atoms with van der Waals surface area (Å²) in [7, 11) is -4.54. The summed E-state index contributed by atoms with van der Waals surface area (Å²) in [6.45, 7) is 3.71. The summed E-state index contributed by atoms with van der Waals surface area (Å²) in [4.78, 5) is 26.3. The van der Waals surface area contributed by atoms with Gasteiger partial charge in [-0.1, -0.05) is 205 Å². The van der Waals surface area contributed by atoms with Crippen LogP contribution >= 0.6 is 7.82 Å². The molecule has 0 aromatic heterocycles. The van der Waals surface area contributed by atoms with Crippen LogP contribution < -0.4 is 0 Å². The minimum atomic E-state index is -4.54. The van der Waals surface area contributed by atoms with Crippen molar-refractivity contribution in [2.75, 3.05) is 19.8 Å². The van der Waals surface area contributed by atoms with Crippen molar-refractivity contribution < 1.29 is 56.5 Å². The molecule has 2 saturated carbocycles. The number of nitrogens with zero attached hydrogens (tertiary/aromatic N) is 1. The average Bonchev–Trinajstić information content (AvgIpc) is 3.73. The van der Waals surface area contributed by atoms with E-state index in [1.54, 1.807) is 0 Å². The number of benzene rings is 1. The number of carbonyl (C=O) groups is 2. The molecule has 1 N–H and O–H groups in total. The van der Waals surface area contributed by atoms with E-state index in [4.69, 9.17) is 37.3 Å². The number of esters is 2. The third-order valence-electron chi connectivity index (χ3n) is 14.3. The van der Waals surface area contributed by atoms with E-state index < -0.39 is 68.8 Å². The molecule has 1 aliphatic heterocycles. The number of phosphoric ester groups is 1. The fourth-order valence-corrected chi connectivity index (χ4v) is 11.6. The quantitative estimate of drug-likeness (QED) is 0.0373. The molecular weight excluding hydrogens is 922 g/mol. The van der Waals surface area contributed by atoms with Gasteiger partial charge in [-0.3, -0.25) is 23.2 Å². The zero-order valence-corrected chi connectivity index (χ0v) is 45.2. The van der Waals surface area contributed by atoms with Crippen molar-refractivity contribution in [2.45, 2.75) is 288 Å². The molecule has 14 heteroatoms. The number of hydrogen-bond acceptors (Lipinski definition) is 13. The molecule has 1 aromatic rings. The molecule has 406 valence electrons. The van der Waals surface area contributed by atoms with Gasteiger partial charge in [0.1, 0.15) is 31.0 Å². The van der Waals surface area contributed by atoms with Crippen LogP contribution in [-0.4, -0.2) is 79.3 Å². The standard InChI is InChI=1S/C57H96NO12P/c1-3-5-7-9-11-13-15-17-19-21-23-25-31-38-52(60)63-46-49(67-53(61)39-32-26-24-22-20-18-16-14-12-10-8-6-4-2)47-66-71(62,65-43-35-42-58)70-51-44-50(59)54(64-45-48-36-29-27-30-37-48)56-55(51)68-57(69-56)40-33-28-34-41-57/h27,29-30,36-37,49-51,54-56,59H,3-26,28,31-35,38-41,43-47H2,1-2H3/t49?,50-,51+,54+,55+,56-,71?/m1/s1. The van der Waals surface area contributed by atoms with Crippen molar-refractivity contribution in [2.24, 2.45) is 0 Å². The summed E-state index contributed by atoms with van der Waals surface area (Å²) in [6, 6.07) is 11.7. The molecule has 2 aliphatic carbocycles. The predicted molar refractivity (Wildman–Crippen MR) is 277 cm³/mol. The average molecular weight is 1020 g/mol. The molecule has 2 unspecified atom stereocenters. The van der Waals surface area contributed by atoms with E-state index in [1.807, 2.05) is 36.4 Å². The number of carbonyl (C=O) groups excluding carboxylic acids is 2. The van der Waals surface area contributed by atoms with Gasteiger partial charge in [-0.25, -0.2) is 4.57 Å². The third-order valence-corrected chi connectivity index (χ3v) is 15.8. The van der Waals surface area contributed by atoms with Gasteiger partial charge in [0, 0.05) is 32.1 Å². The molecule has 13 nitrogen and oxygen atoms in total. The monoisotopic (exact) mass is 1020 g/mol. The van der Waals surface area contributed by atoms with Crippen LogP contribution in [0.25, 0.3) is 0 Å². The van der Waals surface area contributed by atoms with Crippen LogP contribution in [0.4, 0.5) is 0 Å². The zero-order chi connectivity index (χ0) is 50.7. The van der Waals surface area contributed by atoms with Gasteiger partial charge in [-0.2, -0.15) is 5.26 Å². The Morgan fingerprint density at radius 3 is 1.73 bits per heavy atom. The van der Waals surface area contributed by atoms with Crippen LogP contribution in [0.5, 0.6) is 0 Å². The third kappa shape index (κ3) is 25.6. The van der Waals surface area contributed by atoms with E-state index in [0.29, 0.717) is 25.7 Å². The van der Waals surface area contributed by atoms with E-state index in [0.717, 1.165) is 63.4 Å². The number of aliphatic hydroxyl groups excluding tert-OH is 1. The topological polar surface area (TPSA) is 169 Å². The van der Waals surface area contributed by atoms with E-state index in [1.165, 1.54) is 116 Å². The van der Waals surface area contributed by atoms with Crippen molar-refractivity contribution in [3.05, 3.63) is 35.9 Å². The Labute approximate surface area is 429 Å². The molecule has 1 aromatic carbocycles. The fourth-order valence-electron chi connectivity index (χ4n) is 10.2. The molecule has 0 bridgehead atoms. The molecule has 3 aliphatic rings. The van der Waals surface area contributed by atoms with E-state index in [-0.39, 0.29) is 45.5 Å². The summed E-state index contributed by atoms with van der Waals surface area (Å²) in [5.41, 5.74) is 0.939. The van der Waals surface area contributed by atoms with Crippen LogP contribution in [-0.2, 0) is 58.0 Å². The molecule has 1 saturated heterocycles. The Bertz CT molecular complexity index is 1620. The van der Waals surface area contributed by atoms with Crippen LogP contribution in [0, 0.1) is 11.3 Å². The summed E-state index contributed by atoms with van der Waals surface area (Å²) < 4.78 is 63.8. The van der Waals surface area contributed by atoms with Crippen molar-refractivity contribution >= 4 is 19.8 Å². The molecule has 1 heterocycles. The van der Waals surface area contributed by atoms with Gasteiger partial charge in [-0.05, 0) is 31.2 Å². The number of aliphatic hydroxyl groups is 1. The lowest BCUT2D eigenvalue weighted by Crippen LogP contribution is -2.56. The maximum absolute atomic E-state index is 14.7. The van der Waals surface area contributed by atoms with Gasteiger partial charge in [0.05, 0.1) is 38.4 Å². The van der Waals surface area contributed by atoms with Crippen LogP contribution in [0.2, 0.25) is 0 Å². The first kappa shape index (κ1) is 61.1. The second-order valence-corrected chi connectivity index (χ2v) is 22.2. The van der Waals surface area contributed by atoms with E-state index in [2.05, 4.69) is 13.8 Å². The summed E-state index contributed by atoms with van der Waals surface area (Å²) in [5.74, 6) is -1.77. The second-order valence-electron chi connectivity index (χ2n) is 20.6. The number of fused-ring (bicyclic) bond motifs is 1. The molecule has 3 fully saturated rings. The fraction of sp³-hybridized carbons (Fsp3) is 0.842. The molecule has 7 atom stereocenters. The minimum Gasteiger partial charge on any atom is -0.462 e. The first-order valence-electron chi connectivity index (χ1n) is 28.7. The van der Waals surface area contributed by atoms with Gasteiger partial charge in [0.25, 0.3) is 0 Å². The van der Waals surface area contributed by atoms with Gasteiger partial charge in [0.2, 0.25) is 0 Å². The molecule has 71 heavy (non-hydrogen) atoms. The number of unbranched alkanes of at least 4 members (excludes halogenated alkanes) is 24. The van der Waals surface area contributed by atoms with Crippen molar-refractivity contribution in [1.82, 2.24) is 0 Å². The van der Waals surface area contributed by atoms with Crippen LogP contribution in [0.15, 0.2) is 30.3 Å². The smallest absolute Gasteiger partial charge is 0.462 e. The molecule has 0 amide bonds. The SMILES string of the molecule is CCCCCCCCCCCCCCCC(=O)OCC(COP(=O)(OCCC#N)O[C@H]1C[C@@H](O)[C@H](OCc2ccccc2)[C@H]2OC3(CCCCC3)O[C@H]21)OC(=O)CCCCCCCCCCCCCCC. The largest absolute Gasteiger partial charge is 0.475 e. The Morgan fingerprint density at radius 1 is 0.690 bits per heavy atom. The number of rotatable bonds is 42. The minimum absolute atomic E-state index is 0.0244. The number of phosphoric acid groups is 1. The number of hydrogen-bond donors (Lipinski definition) is 1. The van der Waals surface area contributed by atoms with Gasteiger partial charge in [-0.15, -0.1) is 0 Å². The zero-order valence-electron chi connectivity index (χ0n) is 44.3. The molecule has 4 rings (SSSR count). The maximum Gasteiger partial charge on any atom is 0.475 e. The van der Waals surface area contributed by atoms with E-state index in [9.17, 15) is 24.5 Å². The number of ether oxygens (including phenoxy) is 5. The van der Waals surface area contributed by atoms with Crippen LogP contribution in [0.1, 0.15) is 244 Å². The van der Waals surface area contributed by atoms with Gasteiger partial charge >= 0.3 is 19.8 Å². The lowest BCUT2D eigenvalue weighted by molar-refractivity contribution is -0.206. The highest BCUT2D eigenvalue weighted by atomic mass is 31.2. The van der Waals surface area contributed by atoms with E-state index >= 15 is 0 Å². The van der Waals surface area contributed by atoms with Crippen LogP contribution in [0.3, 0.4) is 0 Å². The Balaban J connectivity index is 1.32. The highest BCUT2D eigenvalue weighted by Crippen LogP contribution is 2.55. The summed E-state index contributed by atoms with van der Waals surface area (Å²) in [6.07, 6.45) is 30.0. The lowest BCUT2D eigenvalue weighted by Gasteiger charge is -2.40. The normalized spacial score (nSPS) is 21.9. The van der Waals surface area contributed by atoms with Gasteiger partial charge in [0.15, 0.2) is 11.9 Å². The predicted octanol–water partition coefficient (Wildman–Crippen LogP) is 14.6. The first-order chi connectivity index (χ1) is 34.7. The first-order valence-corrected chi connectivity index (χ1v) is 30.1. The highest BCUT2D eigenvalue weighted by molar-refractivity contribution is 7.48. The summed E-state index contributed by atoms with van der Waals surface area (Å²) >= 11 is 0. The van der Waals surface area contributed by atoms with Crippen molar-refractivity contribution in [3.63, 3.8) is 0 Å². The molecule has 1 spiro atoms. The van der Waals surface area contributed by atoms with Gasteiger partial charge < -0.3 is 28.8 Å². The van der Waals surface area contributed by atoms with Crippen molar-refractivity contribution in [3.8, 4) is 6.07 Å². The second kappa shape index (κ2) is 37.3. The Morgan fingerprint density at radius 2 is 1.20 bits per heavy atom. The van der Waals surface area contributed by atoms with Crippen molar-refractivity contribution in [1.29, 1.82) is 5.26 Å². The maximum atomic E-state index is 14.7. The number of nitriles is 1. The lowest BCUT2D eigenvalue weighted by atomic mass is 9.87. The molecule has 0 radical (unpaired) electrons. The molecular formula is C57H96NO12P. The Kier molecular flexibility index (Phi) is 32.2. The Hall–Kier alpha value is -2.40. The summed E-state index contributed by atoms with van der Waals surface area (Å²) in [5, 5.41) is 21.0. The highest BCUT2D eigenvalue weighted by Gasteiger charge is 2.59.